The van der Waals surface area contributed by atoms with Crippen LogP contribution >= 0.6 is 35.8 Å². The van der Waals surface area contributed by atoms with Crippen molar-refractivity contribution >= 4 is 41.5 Å². The second kappa shape index (κ2) is 7.82. The highest BCUT2D eigenvalue weighted by Gasteiger charge is 2.16. The van der Waals surface area contributed by atoms with Crippen molar-refractivity contribution in [2.24, 2.45) is 0 Å². The van der Waals surface area contributed by atoms with Crippen LogP contribution in [0.2, 0.25) is 10.0 Å². The average molecular weight is 448 g/mol. The van der Waals surface area contributed by atoms with Crippen molar-refractivity contribution in [3.8, 4) is 17.1 Å². The topological polar surface area (TPSA) is 105 Å². The van der Waals surface area contributed by atoms with E-state index in [0.717, 1.165) is 5.56 Å². The van der Waals surface area contributed by atoms with Crippen molar-refractivity contribution in [2.45, 2.75) is 11.6 Å². The molecule has 0 amide bonds. The number of hydrogen-bond acceptors (Lipinski definition) is 7. The van der Waals surface area contributed by atoms with Gasteiger partial charge in [-0.05, 0) is 29.0 Å². The number of halogens is 2. The zero-order valence-corrected chi connectivity index (χ0v) is 16.9. The van der Waals surface area contributed by atoms with E-state index in [1.54, 1.807) is 41.2 Å². The summed E-state index contributed by atoms with van der Waals surface area (Å²) in [6.07, 6.45) is 1.58. The second-order valence-corrected chi connectivity index (χ2v) is 7.20. The highest BCUT2D eigenvalue weighted by Crippen LogP contribution is 2.29. The Kier molecular flexibility index (Phi) is 5.22. The van der Waals surface area contributed by atoms with Crippen LogP contribution in [-0.2, 0) is 6.54 Å². The van der Waals surface area contributed by atoms with E-state index in [-0.39, 0.29) is 5.69 Å². The monoisotopic (exact) mass is 447 g/mol. The van der Waals surface area contributed by atoms with Gasteiger partial charge in [-0.15, -0.1) is 22.8 Å². The maximum atomic E-state index is 10.7. The fraction of sp³-hybridized carbons (Fsp3) is 0.0588. The normalized spacial score (nSPS) is 11.0. The largest absolute Gasteiger partial charge is 0.269 e. The Hall–Kier alpha value is -2.95. The summed E-state index contributed by atoms with van der Waals surface area (Å²) in [5, 5.41) is 28.8. The summed E-state index contributed by atoms with van der Waals surface area (Å²) < 4.78 is 1.58. The fourth-order valence-electron chi connectivity index (χ4n) is 2.61. The smallest absolute Gasteiger partial charge is 0.258 e. The number of nitro groups is 1. The molecule has 4 aromatic rings. The molecule has 2 aromatic heterocycles. The minimum Gasteiger partial charge on any atom is -0.258 e. The van der Waals surface area contributed by atoms with E-state index >= 15 is 0 Å². The molecule has 0 fully saturated rings. The number of nitro benzene ring substituents is 1. The van der Waals surface area contributed by atoms with Gasteiger partial charge < -0.3 is 0 Å². The second-order valence-electron chi connectivity index (χ2n) is 5.96. The van der Waals surface area contributed by atoms with Gasteiger partial charge in [0.05, 0.1) is 39.0 Å². The molecule has 0 spiro atoms. The molecule has 0 aliphatic heterocycles. The molecule has 0 saturated carbocycles. The third-order valence-electron chi connectivity index (χ3n) is 4.06. The molecule has 2 heterocycles. The van der Waals surface area contributed by atoms with E-state index in [1.165, 1.54) is 16.9 Å². The lowest BCUT2D eigenvalue weighted by molar-refractivity contribution is -0.384. The Morgan fingerprint density at radius 1 is 1.10 bits per heavy atom. The summed E-state index contributed by atoms with van der Waals surface area (Å²) in [6.45, 7) is 0.313. The molecule has 2 aromatic carbocycles. The van der Waals surface area contributed by atoms with Gasteiger partial charge >= 0.3 is 0 Å². The number of tetrazole rings is 1. The zero-order valence-electron chi connectivity index (χ0n) is 14.5. The molecular weight excluding hydrogens is 437 g/mol. The first-order chi connectivity index (χ1) is 13.9. The lowest BCUT2D eigenvalue weighted by atomic mass is 10.2. The lowest BCUT2D eigenvalue weighted by Crippen LogP contribution is -2.04. The van der Waals surface area contributed by atoms with Gasteiger partial charge in [-0.1, -0.05) is 35.3 Å². The average Bonchev–Trinajstić information content (AvgIpc) is 3.31. The summed E-state index contributed by atoms with van der Waals surface area (Å²) >= 11 is 16.6. The first kappa shape index (κ1) is 19.4. The molecule has 12 heteroatoms. The molecule has 9 nitrogen and oxygen atoms in total. The maximum Gasteiger partial charge on any atom is 0.269 e. The minimum absolute atomic E-state index is 0.0235. The molecule has 0 atom stereocenters. The van der Waals surface area contributed by atoms with Gasteiger partial charge in [-0.2, -0.15) is 9.90 Å². The molecule has 0 bridgehead atoms. The van der Waals surface area contributed by atoms with Crippen LogP contribution in [0, 0.1) is 10.1 Å². The predicted molar refractivity (Wildman–Crippen MR) is 110 cm³/mol. The van der Waals surface area contributed by atoms with Crippen LogP contribution in [-0.4, -0.2) is 34.9 Å². The molecule has 0 N–H and O–H groups in total. The van der Waals surface area contributed by atoms with Crippen molar-refractivity contribution in [3.05, 3.63) is 74.4 Å². The van der Waals surface area contributed by atoms with Gasteiger partial charge in [0.2, 0.25) is 5.82 Å². The van der Waals surface area contributed by atoms with Gasteiger partial charge in [0.25, 0.3) is 5.69 Å². The molecule has 29 heavy (non-hydrogen) atoms. The molecule has 0 radical (unpaired) electrons. The van der Waals surface area contributed by atoms with E-state index in [9.17, 15) is 10.1 Å². The van der Waals surface area contributed by atoms with Crippen molar-refractivity contribution in [2.75, 3.05) is 0 Å². The van der Waals surface area contributed by atoms with Crippen LogP contribution < -0.4 is 0 Å². The molecule has 0 unspecified atom stereocenters. The number of non-ortho nitro benzene ring substituents is 1. The Morgan fingerprint density at radius 2 is 1.86 bits per heavy atom. The van der Waals surface area contributed by atoms with Crippen LogP contribution in [0.3, 0.4) is 0 Å². The Morgan fingerprint density at radius 3 is 2.55 bits per heavy atom. The summed E-state index contributed by atoms with van der Waals surface area (Å²) in [5.41, 5.74) is 2.11. The Bertz CT molecular complexity index is 1210. The van der Waals surface area contributed by atoms with Crippen molar-refractivity contribution in [1.29, 1.82) is 0 Å². The number of nitrogens with zero attached hydrogens (tertiary/aromatic N) is 7. The van der Waals surface area contributed by atoms with E-state index < -0.39 is 4.92 Å². The first-order valence-corrected chi connectivity index (χ1v) is 9.36. The quantitative estimate of drug-likeness (QED) is 0.280. The van der Waals surface area contributed by atoms with Crippen molar-refractivity contribution < 1.29 is 4.92 Å². The number of benzene rings is 2. The Balaban J connectivity index is 1.57. The minimum atomic E-state index is -0.449. The molecule has 146 valence electrons. The number of thiol groups is 1. The molecule has 4 rings (SSSR count). The van der Waals surface area contributed by atoms with Crippen LogP contribution in [0.4, 0.5) is 5.69 Å². The SMILES string of the molecule is O=[N+]([O-])c1ccc(Cn2nnc(-c3cnn(-c4ccc(Cl)c(Cl)c4)c3S)n2)cc1. The van der Waals surface area contributed by atoms with E-state index in [1.807, 2.05) is 0 Å². The highest BCUT2D eigenvalue weighted by molar-refractivity contribution is 7.80. The van der Waals surface area contributed by atoms with Gasteiger partial charge in [0.1, 0.15) is 5.03 Å². The van der Waals surface area contributed by atoms with E-state index in [4.69, 9.17) is 23.2 Å². The van der Waals surface area contributed by atoms with Gasteiger partial charge in [0.15, 0.2) is 0 Å². The maximum absolute atomic E-state index is 10.7. The summed E-state index contributed by atoms with van der Waals surface area (Å²) in [6, 6.07) is 11.3. The van der Waals surface area contributed by atoms with Crippen molar-refractivity contribution in [3.63, 3.8) is 0 Å². The molecular formula is C17H11Cl2N7O2S. The summed E-state index contributed by atoms with van der Waals surface area (Å²) in [4.78, 5) is 11.7. The number of hydrogen-bond donors (Lipinski definition) is 1. The van der Waals surface area contributed by atoms with E-state index in [0.29, 0.717) is 38.7 Å². The first-order valence-electron chi connectivity index (χ1n) is 8.16. The van der Waals surface area contributed by atoms with Crippen LogP contribution in [0.1, 0.15) is 5.56 Å². The number of aromatic nitrogens is 6. The molecule has 0 aliphatic carbocycles. The van der Waals surface area contributed by atoms with Gasteiger partial charge in [-0.3, -0.25) is 10.1 Å². The molecule has 0 aliphatic rings. The third kappa shape index (κ3) is 3.95. The van der Waals surface area contributed by atoms with E-state index in [2.05, 4.69) is 33.1 Å². The summed E-state index contributed by atoms with van der Waals surface area (Å²) in [5.74, 6) is 0.350. The number of rotatable bonds is 5. The van der Waals surface area contributed by atoms with Crippen LogP contribution in [0.25, 0.3) is 17.1 Å². The fourth-order valence-corrected chi connectivity index (χ4v) is 3.23. The summed E-state index contributed by atoms with van der Waals surface area (Å²) in [7, 11) is 0. The lowest BCUT2D eigenvalue weighted by Gasteiger charge is -2.05. The third-order valence-corrected chi connectivity index (χ3v) is 5.23. The van der Waals surface area contributed by atoms with Crippen molar-refractivity contribution in [1.82, 2.24) is 30.0 Å². The van der Waals surface area contributed by atoms with Crippen LogP contribution in [0.5, 0.6) is 0 Å². The Labute approximate surface area is 179 Å². The predicted octanol–water partition coefficient (Wildman–Crippen LogP) is 4.08. The standard InChI is InChI=1S/C17H11Cl2N7O2S/c18-14-6-5-12(7-15(14)19)25-17(29)13(8-20-25)16-21-23-24(22-16)9-10-1-3-11(4-2-10)26(27)28/h1-8,29H,9H2. The van der Waals surface area contributed by atoms with Crippen LogP contribution in [0.15, 0.2) is 53.7 Å². The van der Waals surface area contributed by atoms with Gasteiger partial charge in [0, 0.05) is 12.1 Å². The zero-order chi connectivity index (χ0) is 20.5. The van der Waals surface area contributed by atoms with Gasteiger partial charge in [-0.25, -0.2) is 4.68 Å². The highest BCUT2D eigenvalue weighted by atomic mass is 35.5. The molecule has 0 saturated heterocycles.